The molecule has 0 fully saturated rings. The number of amides is 1. The Morgan fingerprint density at radius 1 is 1.38 bits per heavy atom. The number of halogens is 4. The minimum atomic E-state index is -4.63. The van der Waals surface area contributed by atoms with Gasteiger partial charge in [-0.1, -0.05) is 13.3 Å². The van der Waals surface area contributed by atoms with Gasteiger partial charge in [0.25, 0.3) is 5.91 Å². The maximum atomic E-state index is 13.5. The van der Waals surface area contributed by atoms with Gasteiger partial charge in [0.15, 0.2) is 0 Å². The summed E-state index contributed by atoms with van der Waals surface area (Å²) in [5, 5.41) is 11.2. The molecule has 0 saturated carbocycles. The first-order valence-electron chi connectivity index (χ1n) is 6.55. The Morgan fingerprint density at radius 2 is 2.05 bits per heavy atom. The number of aliphatic hydroxyl groups is 1. The molecule has 21 heavy (non-hydrogen) atoms. The van der Waals surface area contributed by atoms with Gasteiger partial charge in [-0.3, -0.25) is 4.79 Å². The second kappa shape index (κ2) is 7.40. The Labute approximate surface area is 120 Å². The molecule has 0 heterocycles. The highest BCUT2D eigenvalue weighted by Gasteiger charge is 2.31. The summed E-state index contributed by atoms with van der Waals surface area (Å²) in [6.07, 6.45) is -3.49. The van der Waals surface area contributed by atoms with Crippen LogP contribution in [-0.2, 0) is 6.18 Å². The van der Waals surface area contributed by atoms with Gasteiger partial charge >= 0.3 is 6.18 Å². The predicted molar refractivity (Wildman–Crippen MR) is 69.2 cm³/mol. The lowest BCUT2D eigenvalue weighted by Crippen LogP contribution is -2.30. The highest BCUT2D eigenvalue weighted by molar-refractivity contribution is 5.94. The molecule has 2 N–H and O–H groups in total. The molecule has 0 bridgehead atoms. The van der Waals surface area contributed by atoms with Crippen molar-refractivity contribution in [2.24, 2.45) is 5.92 Å². The molecular weight excluding hydrogens is 290 g/mol. The molecule has 1 unspecified atom stereocenters. The molecule has 0 aliphatic heterocycles. The van der Waals surface area contributed by atoms with Crippen molar-refractivity contribution in [3.05, 3.63) is 35.1 Å². The first-order chi connectivity index (χ1) is 9.79. The van der Waals surface area contributed by atoms with E-state index < -0.39 is 29.0 Å². The molecular formula is C14H17F4NO2. The van der Waals surface area contributed by atoms with Gasteiger partial charge in [0.2, 0.25) is 0 Å². The van der Waals surface area contributed by atoms with Crippen molar-refractivity contribution in [2.75, 3.05) is 13.2 Å². The van der Waals surface area contributed by atoms with Gasteiger partial charge in [-0.15, -0.1) is 0 Å². The van der Waals surface area contributed by atoms with Crippen LogP contribution >= 0.6 is 0 Å². The summed E-state index contributed by atoms with van der Waals surface area (Å²) in [5.74, 6) is -1.90. The monoisotopic (exact) mass is 307 g/mol. The number of rotatable bonds is 6. The number of hydrogen-bond donors (Lipinski definition) is 2. The zero-order valence-electron chi connectivity index (χ0n) is 11.5. The zero-order valence-corrected chi connectivity index (χ0v) is 11.5. The van der Waals surface area contributed by atoms with Crippen LogP contribution in [0.15, 0.2) is 18.2 Å². The van der Waals surface area contributed by atoms with E-state index >= 15 is 0 Å². The van der Waals surface area contributed by atoms with Gasteiger partial charge in [-0.25, -0.2) is 4.39 Å². The molecule has 0 saturated heterocycles. The topological polar surface area (TPSA) is 49.3 Å². The molecule has 7 heteroatoms. The molecule has 0 aliphatic carbocycles. The number of benzene rings is 1. The van der Waals surface area contributed by atoms with Crippen LogP contribution in [0.3, 0.4) is 0 Å². The Balaban J connectivity index is 2.82. The molecule has 1 aromatic carbocycles. The first kappa shape index (κ1) is 17.4. The molecule has 1 rings (SSSR count). The molecule has 3 nitrogen and oxygen atoms in total. The summed E-state index contributed by atoms with van der Waals surface area (Å²) in [6.45, 7) is 1.98. The van der Waals surface area contributed by atoms with Crippen LogP contribution in [0, 0.1) is 11.7 Å². The standard InChI is InChI=1S/C14H17F4NO2/c1-2-9(5-6-20)8-19-13(21)11-7-10(14(16,17)18)3-4-12(11)15/h3-4,7,9,20H,2,5-6,8H2,1H3,(H,19,21). The summed E-state index contributed by atoms with van der Waals surface area (Å²) in [5.41, 5.74) is -1.71. The van der Waals surface area contributed by atoms with E-state index in [1.807, 2.05) is 6.92 Å². The van der Waals surface area contributed by atoms with Crippen molar-refractivity contribution in [2.45, 2.75) is 25.9 Å². The summed E-state index contributed by atoms with van der Waals surface area (Å²) >= 11 is 0. The van der Waals surface area contributed by atoms with Gasteiger partial charge in [0, 0.05) is 13.2 Å². The lowest BCUT2D eigenvalue weighted by atomic mass is 10.0. The number of carbonyl (C=O) groups excluding carboxylic acids is 1. The van der Waals surface area contributed by atoms with Crippen LogP contribution in [0.2, 0.25) is 0 Å². The second-order valence-corrected chi connectivity index (χ2v) is 4.69. The van der Waals surface area contributed by atoms with Crippen molar-refractivity contribution in [3.63, 3.8) is 0 Å². The Kier molecular flexibility index (Phi) is 6.14. The van der Waals surface area contributed by atoms with Gasteiger partial charge < -0.3 is 10.4 Å². The lowest BCUT2D eigenvalue weighted by Gasteiger charge is -2.15. The van der Waals surface area contributed by atoms with Crippen LogP contribution in [0.4, 0.5) is 17.6 Å². The minimum Gasteiger partial charge on any atom is -0.396 e. The van der Waals surface area contributed by atoms with E-state index in [0.29, 0.717) is 31.0 Å². The zero-order chi connectivity index (χ0) is 16.0. The lowest BCUT2D eigenvalue weighted by molar-refractivity contribution is -0.137. The average Bonchev–Trinajstić information content (AvgIpc) is 2.42. The molecule has 1 aromatic rings. The largest absolute Gasteiger partial charge is 0.416 e. The molecule has 118 valence electrons. The number of aliphatic hydroxyl groups excluding tert-OH is 1. The third kappa shape index (κ3) is 5.00. The maximum Gasteiger partial charge on any atom is 0.416 e. The molecule has 1 atom stereocenters. The van der Waals surface area contributed by atoms with Crippen molar-refractivity contribution in [1.82, 2.24) is 5.32 Å². The number of carbonyl (C=O) groups is 1. The second-order valence-electron chi connectivity index (χ2n) is 4.69. The van der Waals surface area contributed by atoms with E-state index in [1.54, 1.807) is 0 Å². The Bertz CT molecular complexity index is 488. The summed E-state index contributed by atoms with van der Waals surface area (Å²) in [6, 6.07) is 1.72. The molecule has 0 radical (unpaired) electrons. The number of hydrogen-bond acceptors (Lipinski definition) is 2. The third-order valence-electron chi connectivity index (χ3n) is 3.20. The fourth-order valence-electron chi connectivity index (χ4n) is 1.84. The van der Waals surface area contributed by atoms with Gasteiger partial charge in [-0.05, 0) is 30.5 Å². The van der Waals surface area contributed by atoms with Crippen molar-refractivity contribution >= 4 is 5.91 Å². The highest BCUT2D eigenvalue weighted by Crippen LogP contribution is 2.30. The minimum absolute atomic E-state index is 0.00666. The normalized spacial score (nSPS) is 13.0. The predicted octanol–water partition coefficient (Wildman–Crippen LogP) is 2.98. The molecule has 0 aromatic heterocycles. The van der Waals surface area contributed by atoms with E-state index in [9.17, 15) is 22.4 Å². The van der Waals surface area contributed by atoms with Crippen LogP contribution in [-0.4, -0.2) is 24.2 Å². The Hall–Kier alpha value is -1.63. The van der Waals surface area contributed by atoms with Gasteiger partial charge in [0.1, 0.15) is 5.82 Å². The van der Waals surface area contributed by atoms with Crippen LogP contribution < -0.4 is 5.32 Å². The van der Waals surface area contributed by atoms with Gasteiger partial charge in [-0.2, -0.15) is 13.2 Å². The smallest absolute Gasteiger partial charge is 0.396 e. The first-order valence-corrected chi connectivity index (χ1v) is 6.55. The number of nitrogens with one attached hydrogen (secondary N) is 1. The number of alkyl halides is 3. The summed E-state index contributed by atoms with van der Waals surface area (Å²) in [4.78, 5) is 11.8. The summed E-state index contributed by atoms with van der Waals surface area (Å²) < 4.78 is 51.1. The average molecular weight is 307 g/mol. The maximum absolute atomic E-state index is 13.5. The highest BCUT2D eigenvalue weighted by atomic mass is 19.4. The summed E-state index contributed by atoms with van der Waals surface area (Å²) in [7, 11) is 0. The van der Waals surface area contributed by atoms with E-state index in [1.165, 1.54) is 0 Å². The van der Waals surface area contributed by atoms with E-state index in [-0.39, 0.29) is 19.1 Å². The van der Waals surface area contributed by atoms with Gasteiger partial charge in [0.05, 0.1) is 11.1 Å². The molecule has 0 aliphatic rings. The van der Waals surface area contributed by atoms with E-state index in [4.69, 9.17) is 5.11 Å². The molecule has 0 spiro atoms. The third-order valence-corrected chi connectivity index (χ3v) is 3.20. The van der Waals surface area contributed by atoms with Crippen molar-refractivity contribution in [3.8, 4) is 0 Å². The SMILES string of the molecule is CCC(CCO)CNC(=O)c1cc(C(F)(F)F)ccc1F. The fourth-order valence-corrected chi connectivity index (χ4v) is 1.84. The van der Waals surface area contributed by atoms with Crippen LogP contribution in [0.1, 0.15) is 35.7 Å². The quantitative estimate of drug-likeness (QED) is 0.794. The van der Waals surface area contributed by atoms with E-state index in [2.05, 4.69) is 5.32 Å². The van der Waals surface area contributed by atoms with E-state index in [0.717, 1.165) is 0 Å². The molecule has 1 amide bonds. The Morgan fingerprint density at radius 3 is 2.57 bits per heavy atom. The van der Waals surface area contributed by atoms with Crippen molar-refractivity contribution in [1.29, 1.82) is 0 Å². The fraction of sp³-hybridized carbons (Fsp3) is 0.500. The van der Waals surface area contributed by atoms with Crippen LogP contribution in [0.5, 0.6) is 0 Å². The van der Waals surface area contributed by atoms with Crippen LogP contribution in [0.25, 0.3) is 0 Å². The van der Waals surface area contributed by atoms with Crippen molar-refractivity contribution < 1.29 is 27.5 Å².